The molecule has 0 spiro atoms. The van der Waals surface area contributed by atoms with Crippen molar-refractivity contribution in [3.63, 3.8) is 0 Å². The minimum Gasteiger partial charge on any atom is -0.380 e. The van der Waals surface area contributed by atoms with Crippen LogP contribution in [0.15, 0.2) is 12.1 Å². The third-order valence-electron chi connectivity index (χ3n) is 5.13. The van der Waals surface area contributed by atoms with Gasteiger partial charge < -0.3 is 14.2 Å². The third-order valence-corrected chi connectivity index (χ3v) is 5.13. The summed E-state index contributed by atoms with van der Waals surface area (Å²) in [6.07, 6.45) is 4.33. The fourth-order valence-corrected chi connectivity index (χ4v) is 3.85. The van der Waals surface area contributed by atoms with E-state index >= 15 is 0 Å². The van der Waals surface area contributed by atoms with Crippen molar-refractivity contribution < 1.29 is 14.2 Å². The summed E-state index contributed by atoms with van der Waals surface area (Å²) in [4.78, 5) is 0. The van der Waals surface area contributed by atoms with Gasteiger partial charge in [0.1, 0.15) is 0 Å². The highest BCUT2D eigenvalue weighted by molar-refractivity contribution is 5.40. The minimum atomic E-state index is 0.437. The highest BCUT2D eigenvalue weighted by Gasteiger charge is 2.41. The molecule has 1 heterocycles. The van der Waals surface area contributed by atoms with Crippen molar-refractivity contribution >= 4 is 0 Å². The first kappa shape index (κ1) is 15.0. The zero-order valence-corrected chi connectivity index (χ0v) is 13.4. The monoisotopic (exact) mass is 290 g/mol. The van der Waals surface area contributed by atoms with E-state index in [0.717, 1.165) is 12.5 Å². The number of hydrogen-bond donors (Lipinski definition) is 0. The predicted molar refractivity (Wildman–Crippen MR) is 82.4 cm³/mol. The maximum Gasteiger partial charge on any atom is 0.0715 e. The van der Waals surface area contributed by atoms with Crippen molar-refractivity contribution in [1.29, 1.82) is 0 Å². The zero-order valence-electron chi connectivity index (χ0n) is 13.4. The summed E-state index contributed by atoms with van der Waals surface area (Å²) in [5.74, 6) is 1.33. The van der Waals surface area contributed by atoms with Crippen LogP contribution >= 0.6 is 0 Å². The molecule has 0 amide bonds. The van der Waals surface area contributed by atoms with Crippen LogP contribution in [0, 0.1) is 12.8 Å². The smallest absolute Gasteiger partial charge is 0.0715 e. The van der Waals surface area contributed by atoms with Gasteiger partial charge in [0, 0.05) is 26.1 Å². The maximum absolute atomic E-state index is 5.87. The van der Waals surface area contributed by atoms with E-state index < -0.39 is 0 Å². The molecule has 1 saturated heterocycles. The van der Waals surface area contributed by atoms with Crippen LogP contribution < -0.4 is 0 Å². The van der Waals surface area contributed by atoms with Crippen LogP contribution in [0.2, 0.25) is 0 Å². The van der Waals surface area contributed by atoms with Crippen molar-refractivity contribution in [2.45, 2.75) is 51.4 Å². The molecule has 116 valence electrons. The Hall–Kier alpha value is -0.900. The van der Waals surface area contributed by atoms with E-state index in [1.807, 2.05) is 0 Å². The van der Waals surface area contributed by atoms with Crippen LogP contribution in [0.3, 0.4) is 0 Å². The second-order valence-corrected chi connectivity index (χ2v) is 6.43. The average molecular weight is 290 g/mol. The van der Waals surface area contributed by atoms with E-state index in [2.05, 4.69) is 19.1 Å². The first-order valence-electron chi connectivity index (χ1n) is 7.96. The van der Waals surface area contributed by atoms with Gasteiger partial charge in [-0.05, 0) is 42.0 Å². The van der Waals surface area contributed by atoms with Gasteiger partial charge in [0.15, 0.2) is 0 Å². The fraction of sp³-hybridized carbons (Fsp3) is 0.667. The second kappa shape index (κ2) is 6.47. The Labute approximate surface area is 127 Å². The van der Waals surface area contributed by atoms with E-state index in [1.165, 1.54) is 41.5 Å². The lowest BCUT2D eigenvalue weighted by molar-refractivity contribution is -0.145. The number of fused-ring (bicyclic) bond motifs is 1. The van der Waals surface area contributed by atoms with Gasteiger partial charge in [-0.1, -0.05) is 18.6 Å². The van der Waals surface area contributed by atoms with Crippen LogP contribution in [-0.4, -0.2) is 26.9 Å². The normalized spacial score (nSPS) is 28.0. The van der Waals surface area contributed by atoms with Crippen molar-refractivity contribution in [2.75, 3.05) is 20.8 Å². The van der Waals surface area contributed by atoms with Gasteiger partial charge in [-0.25, -0.2) is 0 Å². The summed E-state index contributed by atoms with van der Waals surface area (Å²) < 4.78 is 16.6. The number of benzene rings is 1. The summed E-state index contributed by atoms with van der Waals surface area (Å²) in [6.45, 7) is 4.45. The molecule has 3 atom stereocenters. The Kier molecular flexibility index (Phi) is 4.63. The molecule has 3 rings (SSSR count). The molecule has 3 nitrogen and oxygen atoms in total. The predicted octanol–water partition coefficient (Wildman–Crippen LogP) is 3.57. The van der Waals surface area contributed by atoms with E-state index in [0.29, 0.717) is 25.2 Å². The molecule has 2 fully saturated rings. The highest BCUT2D eigenvalue weighted by atomic mass is 16.5. The Morgan fingerprint density at radius 3 is 2.29 bits per heavy atom. The van der Waals surface area contributed by atoms with Crippen LogP contribution in [-0.2, 0) is 27.4 Å². The quantitative estimate of drug-likeness (QED) is 0.829. The SMILES string of the molecule is COCc1cc(C2CCCC3COC32)cc(COC)c1C. The summed E-state index contributed by atoms with van der Waals surface area (Å²) in [5.41, 5.74) is 5.27. The summed E-state index contributed by atoms with van der Waals surface area (Å²) in [6, 6.07) is 4.65. The summed E-state index contributed by atoms with van der Waals surface area (Å²) >= 11 is 0. The van der Waals surface area contributed by atoms with Gasteiger partial charge in [0.25, 0.3) is 0 Å². The van der Waals surface area contributed by atoms with Crippen LogP contribution in [0.25, 0.3) is 0 Å². The lowest BCUT2D eigenvalue weighted by atomic mass is 9.72. The Balaban J connectivity index is 1.93. The van der Waals surface area contributed by atoms with Gasteiger partial charge in [0.2, 0.25) is 0 Å². The molecule has 0 radical (unpaired) electrons. The van der Waals surface area contributed by atoms with Gasteiger partial charge in [-0.3, -0.25) is 0 Å². The molecule has 1 aromatic carbocycles. The topological polar surface area (TPSA) is 27.7 Å². The van der Waals surface area contributed by atoms with Gasteiger partial charge in [-0.2, -0.15) is 0 Å². The molecule has 0 aromatic heterocycles. The van der Waals surface area contributed by atoms with Crippen molar-refractivity contribution in [3.05, 3.63) is 34.4 Å². The van der Waals surface area contributed by atoms with Crippen LogP contribution in [0.5, 0.6) is 0 Å². The summed E-state index contributed by atoms with van der Waals surface area (Å²) in [5, 5.41) is 0. The van der Waals surface area contributed by atoms with Crippen LogP contribution in [0.4, 0.5) is 0 Å². The molecule has 0 bridgehead atoms. The van der Waals surface area contributed by atoms with E-state index in [9.17, 15) is 0 Å². The largest absolute Gasteiger partial charge is 0.380 e. The number of hydrogen-bond acceptors (Lipinski definition) is 3. The van der Waals surface area contributed by atoms with Gasteiger partial charge in [-0.15, -0.1) is 0 Å². The molecule has 3 unspecified atom stereocenters. The van der Waals surface area contributed by atoms with Gasteiger partial charge >= 0.3 is 0 Å². The van der Waals surface area contributed by atoms with E-state index in [-0.39, 0.29) is 0 Å². The molecule has 1 saturated carbocycles. The number of methoxy groups -OCH3 is 2. The lowest BCUT2D eigenvalue weighted by Crippen LogP contribution is -2.46. The van der Waals surface area contributed by atoms with Crippen LogP contribution in [0.1, 0.15) is 47.4 Å². The standard InChI is InChI=1S/C18H26O3/c1-12-15(9-19-2)7-14(8-16(12)10-20-3)17-6-4-5-13-11-21-18(13)17/h7-8,13,17-18H,4-6,9-11H2,1-3H3. The Morgan fingerprint density at radius 2 is 1.76 bits per heavy atom. The fourth-order valence-electron chi connectivity index (χ4n) is 3.85. The minimum absolute atomic E-state index is 0.437. The van der Waals surface area contributed by atoms with Crippen molar-refractivity contribution in [2.24, 2.45) is 5.92 Å². The molecular weight excluding hydrogens is 264 g/mol. The van der Waals surface area contributed by atoms with Crippen molar-refractivity contribution in [1.82, 2.24) is 0 Å². The van der Waals surface area contributed by atoms with Gasteiger partial charge in [0.05, 0.1) is 25.9 Å². The third kappa shape index (κ3) is 2.87. The number of ether oxygens (including phenoxy) is 3. The molecule has 1 aliphatic heterocycles. The first-order valence-corrected chi connectivity index (χ1v) is 7.96. The molecule has 0 N–H and O–H groups in total. The molecule has 1 aliphatic carbocycles. The molecule has 2 aliphatic rings. The van der Waals surface area contributed by atoms with E-state index in [4.69, 9.17) is 14.2 Å². The molecule has 21 heavy (non-hydrogen) atoms. The maximum atomic E-state index is 5.87. The molecule has 3 heteroatoms. The average Bonchev–Trinajstić information content (AvgIpc) is 2.44. The lowest BCUT2D eigenvalue weighted by Gasteiger charge is -2.46. The van der Waals surface area contributed by atoms with Crippen molar-refractivity contribution in [3.8, 4) is 0 Å². The Morgan fingerprint density at radius 1 is 1.10 bits per heavy atom. The summed E-state index contributed by atoms with van der Waals surface area (Å²) in [7, 11) is 3.52. The number of rotatable bonds is 5. The second-order valence-electron chi connectivity index (χ2n) is 6.43. The molecular formula is C18H26O3. The zero-order chi connectivity index (χ0) is 14.8. The highest BCUT2D eigenvalue weighted by Crippen LogP contribution is 2.44. The Bertz CT molecular complexity index is 470. The first-order chi connectivity index (χ1) is 10.2. The molecule has 1 aromatic rings. The van der Waals surface area contributed by atoms with E-state index in [1.54, 1.807) is 14.2 Å².